The first kappa shape index (κ1) is 17.5. The van der Waals surface area contributed by atoms with Crippen LogP contribution in [0.2, 0.25) is 0 Å². The van der Waals surface area contributed by atoms with E-state index >= 15 is 0 Å². The highest BCUT2D eigenvalue weighted by Crippen LogP contribution is 2.26. The minimum Gasteiger partial charge on any atom is -0.338 e. The lowest BCUT2D eigenvalue weighted by atomic mass is 9.82. The number of amides is 2. The zero-order valence-electron chi connectivity index (χ0n) is 13.7. The third-order valence-corrected chi connectivity index (χ3v) is 3.06. The molecule has 0 aliphatic carbocycles. The van der Waals surface area contributed by atoms with Gasteiger partial charge in [-0.05, 0) is 43.7 Å². The van der Waals surface area contributed by atoms with E-state index in [0.717, 1.165) is 6.42 Å². The smallest absolute Gasteiger partial charge is 0.315 e. The number of hydrogen-bond donors (Lipinski definition) is 2. The standard InChI is InChI=1S/C17H27FN2O/c1-16(2,3)12-17(4,5)20-15(21)19-11-10-13-8-6-7-9-14(13)18/h6-9H,10-12H2,1-5H3,(H2,19,20,21). The molecule has 3 nitrogen and oxygen atoms in total. The summed E-state index contributed by atoms with van der Waals surface area (Å²) >= 11 is 0. The van der Waals surface area contributed by atoms with Gasteiger partial charge in [-0.15, -0.1) is 0 Å². The molecule has 0 aliphatic heterocycles. The van der Waals surface area contributed by atoms with Crippen molar-refractivity contribution in [2.45, 2.75) is 53.0 Å². The van der Waals surface area contributed by atoms with E-state index in [4.69, 9.17) is 0 Å². The molecule has 2 amide bonds. The average molecular weight is 294 g/mol. The summed E-state index contributed by atoms with van der Waals surface area (Å²) in [5, 5.41) is 5.75. The number of carbonyl (C=O) groups excluding carboxylic acids is 1. The van der Waals surface area contributed by atoms with Gasteiger partial charge in [-0.2, -0.15) is 0 Å². The summed E-state index contributed by atoms with van der Waals surface area (Å²) in [5.41, 5.74) is 0.483. The monoisotopic (exact) mass is 294 g/mol. The third kappa shape index (κ3) is 7.11. The van der Waals surface area contributed by atoms with Crippen LogP contribution in [0.4, 0.5) is 9.18 Å². The van der Waals surface area contributed by atoms with Crippen LogP contribution in [0.15, 0.2) is 24.3 Å². The summed E-state index contributed by atoms with van der Waals surface area (Å²) in [4.78, 5) is 11.9. The molecule has 0 spiro atoms. The molecule has 0 bridgehead atoms. The van der Waals surface area contributed by atoms with Crippen LogP contribution in [-0.2, 0) is 6.42 Å². The lowest BCUT2D eigenvalue weighted by Gasteiger charge is -2.33. The Balaban J connectivity index is 2.39. The molecule has 4 heteroatoms. The van der Waals surface area contributed by atoms with Crippen molar-refractivity contribution in [3.8, 4) is 0 Å². The van der Waals surface area contributed by atoms with E-state index < -0.39 is 0 Å². The molecule has 0 aromatic heterocycles. The van der Waals surface area contributed by atoms with E-state index in [2.05, 4.69) is 31.4 Å². The van der Waals surface area contributed by atoms with E-state index in [9.17, 15) is 9.18 Å². The van der Waals surface area contributed by atoms with Crippen molar-refractivity contribution < 1.29 is 9.18 Å². The molecule has 1 aromatic carbocycles. The molecule has 0 heterocycles. The molecule has 0 saturated heterocycles. The Kier molecular flexibility index (Phi) is 5.76. The van der Waals surface area contributed by atoms with Crippen molar-refractivity contribution in [1.82, 2.24) is 10.6 Å². The van der Waals surface area contributed by atoms with Crippen molar-refractivity contribution in [1.29, 1.82) is 0 Å². The second-order valence-electron chi connectivity index (χ2n) is 7.34. The SMILES string of the molecule is CC(C)(C)CC(C)(C)NC(=O)NCCc1ccccc1F. The summed E-state index contributed by atoms with van der Waals surface area (Å²) in [6, 6.07) is 6.42. The number of urea groups is 1. The normalized spacial score (nSPS) is 12.1. The van der Waals surface area contributed by atoms with Crippen molar-refractivity contribution in [2.75, 3.05) is 6.54 Å². The molecule has 0 atom stereocenters. The van der Waals surface area contributed by atoms with E-state index in [0.29, 0.717) is 18.5 Å². The first-order valence-corrected chi connectivity index (χ1v) is 7.38. The predicted octanol–water partition coefficient (Wildman–Crippen LogP) is 3.88. The largest absolute Gasteiger partial charge is 0.338 e. The van der Waals surface area contributed by atoms with Crippen molar-refractivity contribution in [3.05, 3.63) is 35.6 Å². The summed E-state index contributed by atoms with van der Waals surface area (Å²) in [7, 11) is 0. The number of rotatable bonds is 5. The van der Waals surface area contributed by atoms with Crippen molar-refractivity contribution in [2.24, 2.45) is 5.41 Å². The Labute approximate surface area is 127 Å². The molecule has 0 aliphatic rings. The second kappa shape index (κ2) is 6.92. The maximum absolute atomic E-state index is 13.4. The summed E-state index contributed by atoms with van der Waals surface area (Å²) in [6.45, 7) is 10.9. The first-order valence-electron chi connectivity index (χ1n) is 7.38. The van der Waals surface area contributed by atoms with Crippen molar-refractivity contribution >= 4 is 6.03 Å². The Morgan fingerprint density at radius 1 is 1.14 bits per heavy atom. The fourth-order valence-electron chi connectivity index (χ4n) is 2.73. The topological polar surface area (TPSA) is 41.1 Å². The van der Waals surface area contributed by atoms with E-state index in [1.807, 2.05) is 13.8 Å². The lowest BCUT2D eigenvalue weighted by Crippen LogP contribution is -2.50. The molecule has 0 fully saturated rings. The number of carbonyl (C=O) groups is 1. The van der Waals surface area contributed by atoms with Gasteiger partial charge < -0.3 is 10.6 Å². The molecule has 0 saturated carbocycles. The van der Waals surface area contributed by atoms with Crippen LogP contribution in [0.5, 0.6) is 0 Å². The first-order chi connectivity index (χ1) is 9.59. The van der Waals surface area contributed by atoms with E-state index in [1.165, 1.54) is 6.07 Å². The highest BCUT2D eigenvalue weighted by Gasteiger charge is 2.26. The van der Waals surface area contributed by atoms with E-state index in [-0.39, 0.29) is 22.8 Å². The second-order valence-corrected chi connectivity index (χ2v) is 7.34. The van der Waals surface area contributed by atoms with Crippen LogP contribution in [0.1, 0.15) is 46.6 Å². The van der Waals surface area contributed by atoms with Crippen LogP contribution < -0.4 is 10.6 Å². The molecule has 0 radical (unpaired) electrons. The summed E-state index contributed by atoms with van der Waals surface area (Å²) in [5.74, 6) is -0.229. The quantitative estimate of drug-likeness (QED) is 0.850. The van der Waals surface area contributed by atoms with Gasteiger partial charge in [-0.25, -0.2) is 9.18 Å². The van der Waals surface area contributed by atoms with Gasteiger partial charge in [0.2, 0.25) is 0 Å². The zero-order chi connectivity index (χ0) is 16.1. The van der Waals surface area contributed by atoms with Crippen LogP contribution in [-0.4, -0.2) is 18.1 Å². The Bertz CT molecular complexity index is 478. The fraction of sp³-hybridized carbons (Fsp3) is 0.588. The molecular weight excluding hydrogens is 267 g/mol. The highest BCUT2D eigenvalue weighted by molar-refractivity contribution is 5.74. The predicted molar refractivity (Wildman–Crippen MR) is 84.8 cm³/mol. The van der Waals surface area contributed by atoms with Crippen molar-refractivity contribution in [3.63, 3.8) is 0 Å². The third-order valence-electron chi connectivity index (χ3n) is 3.06. The van der Waals surface area contributed by atoms with Crippen LogP contribution in [0.3, 0.4) is 0 Å². The molecular formula is C17H27FN2O. The Morgan fingerprint density at radius 3 is 2.33 bits per heavy atom. The number of hydrogen-bond acceptors (Lipinski definition) is 1. The molecule has 0 unspecified atom stereocenters. The van der Waals surface area contributed by atoms with Gasteiger partial charge in [-0.1, -0.05) is 39.0 Å². The Morgan fingerprint density at radius 2 is 1.76 bits per heavy atom. The minimum atomic E-state index is -0.277. The maximum Gasteiger partial charge on any atom is 0.315 e. The number of benzene rings is 1. The molecule has 2 N–H and O–H groups in total. The summed E-state index contributed by atoms with van der Waals surface area (Å²) < 4.78 is 13.4. The van der Waals surface area contributed by atoms with Gasteiger partial charge in [0.1, 0.15) is 5.82 Å². The molecule has 1 rings (SSSR count). The minimum absolute atomic E-state index is 0.143. The van der Waals surface area contributed by atoms with Gasteiger partial charge >= 0.3 is 6.03 Å². The van der Waals surface area contributed by atoms with Crippen LogP contribution in [0.25, 0.3) is 0 Å². The summed E-state index contributed by atoms with van der Waals surface area (Å²) in [6.07, 6.45) is 1.36. The molecule has 21 heavy (non-hydrogen) atoms. The van der Waals surface area contributed by atoms with Crippen LogP contribution >= 0.6 is 0 Å². The number of halogens is 1. The highest BCUT2D eigenvalue weighted by atomic mass is 19.1. The van der Waals surface area contributed by atoms with Gasteiger partial charge in [0.25, 0.3) is 0 Å². The zero-order valence-corrected chi connectivity index (χ0v) is 13.7. The fourth-order valence-corrected chi connectivity index (χ4v) is 2.73. The van der Waals surface area contributed by atoms with Gasteiger partial charge in [0, 0.05) is 12.1 Å². The van der Waals surface area contributed by atoms with Gasteiger partial charge in [0.15, 0.2) is 0 Å². The van der Waals surface area contributed by atoms with Gasteiger partial charge in [0.05, 0.1) is 0 Å². The van der Waals surface area contributed by atoms with Crippen LogP contribution in [0, 0.1) is 11.2 Å². The van der Waals surface area contributed by atoms with E-state index in [1.54, 1.807) is 18.2 Å². The lowest BCUT2D eigenvalue weighted by molar-refractivity contribution is 0.210. The average Bonchev–Trinajstić information content (AvgIpc) is 2.27. The molecule has 118 valence electrons. The number of nitrogens with one attached hydrogen (secondary N) is 2. The maximum atomic E-state index is 13.4. The van der Waals surface area contributed by atoms with Gasteiger partial charge in [-0.3, -0.25) is 0 Å². The Hall–Kier alpha value is -1.58. The molecule has 1 aromatic rings.